The van der Waals surface area contributed by atoms with Crippen molar-refractivity contribution in [1.29, 1.82) is 0 Å². The normalized spacial score (nSPS) is 11.2. The predicted octanol–water partition coefficient (Wildman–Crippen LogP) is 5.30. The highest BCUT2D eigenvalue weighted by atomic mass is 127. The fourth-order valence-electron chi connectivity index (χ4n) is 1.71. The van der Waals surface area contributed by atoms with Crippen LogP contribution in [-0.4, -0.2) is 3.97 Å². The number of halogens is 3. The van der Waals surface area contributed by atoms with Crippen molar-refractivity contribution < 1.29 is 0 Å². The van der Waals surface area contributed by atoms with E-state index in [2.05, 4.69) is 66.4 Å². The quantitative estimate of drug-likeness (QED) is 0.475. The zero-order chi connectivity index (χ0) is 11.0. The van der Waals surface area contributed by atoms with Crippen LogP contribution >= 0.6 is 57.9 Å². The lowest BCUT2D eigenvalue weighted by Crippen LogP contribution is -1.89. The number of benzene rings is 1. The fraction of sp³-hybridized carbons (Fsp3) is 0.200. The van der Waals surface area contributed by atoms with E-state index in [-0.39, 0.29) is 0 Å². The average Bonchev–Trinajstić information content (AvgIpc) is 2.62. The Labute approximate surface area is 118 Å². The first-order valence-electron chi connectivity index (χ1n) is 4.33. The van der Waals surface area contributed by atoms with Gasteiger partial charge in [0, 0.05) is 52.3 Å². The Morgan fingerprint density at radius 2 is 2.33 bits per heavy atom. The van der Waals surface area contributed by atoms with Crippen molar-refractivity contribution in [3.63, 3.8) is 0 Å². The van der Waals surface area contributed by atoms with E-state index in [1.807, 2.05) is 0 Å². The summed E-state index contributed by atoms with van der Waals surface area (Å²) in [6.07, 6.45) is 2.08. The van der Waals surface area contributed by atoms with Gasteiger partial charge in [0.05, 0.1) is 5.52 Å². The second-order valence-electron chi connectivity index (χ2n) is 3.26. The van der Waals surface area contributed by atoms with Crippen LogP contribution in [0.2, 0.25) is 0 Å². The van der Waals surface area contributed by atoms with Crippen molar-refractivity contribution in [3.05, 3.63) is 33.9 Å². The minimum Gasteiger partial charge on any atom is -0.282 e. The van der Waals surface area contributed by atoms with E-state index in [1.165, 1.54) is 22.0 Å². The molecular formula is C10H8BrClINS. The molecule has 0 aliphatic rings. The van der Waals surface area contributed by atoms with Gasteiger partial charge in [-0.05, 0) is 30.2 Å². The number of aromatic nitrogens is 1. The molecule has 0 spiro atoms. The summed E-state index contributed by atoms with van der Waals surface area (Å²) < 4.78 is 3.26. The van der Waals surface area contributed by atoms with Crippen molar-refractivity contribution in [2.75, 3.05) is 0 Å². The maximum absolute atomic E-state index is 5.97. The number of nitrogens with zero attached hydrogens (tertiary/aromatic N) is 1. The van der Waals surface area contributed by atoms with Crippen molar-refractivity contribution in [2.24, 2.45) is 0 Å². The van der Waals surface area contributed by atoms with Crippen molar-refractivity contribution >= 4 is 68.8 Å². The van der Waals surface area contributed by atoms with E-state index >= 15 is 0 Å². The molecule has 0 radical (unpaired) electrons. The van der Waals surface area contributed by atoms with Crippen LogP contribution in [0.5, 0.6) is 0 Å². The van der Waals surface area contributed by atoms with Gasteiger partial charge >= 0.3 is 0 Å². The van der Waals surface area contributed by atoms with E-state index in [9.17, 15) is 0 Å². The lowest BCUT2D eigenvalue weighted by Gasteiger charge is -2.07. The van der Waals surface area contributed by atoms with Gasteiger partial charge in [-0.2, -0.15) is 0 Å². The van der Waals surface area contributed by atoms with Gasteiger partial charge in [-0.1, -0.05) is 15.9 Å². The molecule has 0 bridgehead atoms. The van der Waals surface area contributed by atoms with Gasteiger partial charge in [0.2, 0.25) is 0 Å². The standard InChI is InChI=1S/C10H8BrClINS/c1-6-4-9(11)8(5-12)7-2-3-14(15-13)10(6)7/h2-4H,5H2,1H3. The molecule has 1 nitrogen and oxygen atoms in total. The summed E-state index contributed by atoms with van der Waals surface area (Å²) in [5, 5.41) is 1.24. The third-order valence-electron chi connectivity index (χ3n) is 2.39. The van der Waals surface area contributed by atoms with Crippen LogP contribution in [-0.2, 0) is 5.88 Å². The summed E-state index contributed by atoms with van der Waals surface area (Å²) in [6, 6.07) is 4.25. The molecule has 0 saturated heterocycles. The van der Waals surface area contributed by atoms with E-state index < -0.39 is 0 Å². The maximum atomic E-state index is 5.97. The molecule has 5 heteroatoms. The number of fused-ring (bicyclic) bond motifs is 1. The highest BCUT2D eigenvalue weighted by Crippen LogP contribution is 2.34. The Kier molecular flexibility index (Phi) is 3.91. The summed E-state index contributed by atoms with van der Waals surface area (Å²) in [4.78, 5) is 0. The molecule has 2 aromatic rings. The van der Waals surface area contributed by atoms with Gasteiger partial charge in [0.1, 0.15) is 0 Å². The van der Waals surface area contributed by atoms with Crippen LogP contribution in [0.25, 0.3) is 10.9 Å². The summed E-state index contributed by atoms with van der Waals surface area (Å²) in [7, 11) is 1.67. The molecule has 1 aromatic carbocycles. The number of alkyl halides is 1. The molecule has 2 rings (SSSR count). The van der Waals surface area contributed by atoms with Crippen LogP contribution in [0.1, 0.15) is 11.1 Å². The third-order valence-corrected chi connectivity index (χ3v) is 5.09. The van der Waals surface area contributed by atoms with E-state index in [1.54, 1.807) is 9.12 Å². The Morgan fingerprint density at radius 1 is 1.60 bits per heavy atom. The molecule has 1 aromatic heterocycles. The first-order chi connectivity index (χ1) is 7.19. The van der Waals surface area contributed by atoms with E-state index in [0.717, 1.165) is 4.47 Å². The van der Waals surface area contributed by atoms with E-state index in [4.69, 9.17) is 11.6 Å². The fourth-order valence-corrected chi connectivity index (χ4v) is 4.26. The van der Waals surface area contributed by atoms with Crippen molar-refractivity contribution in [3.8, 4) is 0 Å². The Morgan fingerprint density at radius 3 is 2.93 bits per heavy atom. The molecule has 0 unspecified atom stereocenters. The van der Waals surface area contributed by atoms with Crippen LogP contribution in [0.4, 0.5) is 0 Å². The molecule has 0 aliphatic heterocycles. The molecule has 0 fully saturated rings. The van der Waals surface area contributed by atoms with Crippen LogP contribution in [0.15, 0.2) is 22.8 Å². The lowest BCUT2D eigenvalue weighted by molar-refractivity contribution is 1.31. The SMILES string of the molecule is Cc1cc(Br)c(CCl)c2ccn(SI)c12. The van der Waals surface area contributed by atoms with Gasteiger partial charge < -0.3 is 0 Å². The maximum Gasteiger partial charge on any atom is 0.0631 e. The zero-order valence-corrected chi connectivity index (χ0v) is 13.2. The van der Waals surface area contributed by atoms with Crippen LogP contribution in [0, 0.1) is 6.92 Å². The van der Waals surface area contributed by atoms with Gasteiger partial charge in [-0.15, -0.1) is 11.6 Å². The topological polar surface area (TPSA) is 4.93 Å². The van der Waals surface area contributed by atoms with Crippen LogP contribution in [0.3, 0.4) is 0 Å². The monoisotopic (exact) mass is 415 g/mol. The molecule has 0 N–H and O–H groups in total. The zero-order valence-electron chi connectivity index (χ0n) is 7.93. The number of aryl methyl sites for hydroxylation is 1. The predicted molar refractivity (Wildman–Crippen MR) is 80.9 cm³/mol. The Bertz CT molecular complexity index is 512. The molecular weight excluding hydrogens is 408 g/mol. The number of hydrogen-bond donors (Lipinski definition) is 0. The van der Waals surface area contributed by atoms with Gasteiger partial charge in [-0.3, -0.25) is 3.97 Å². The highest BCUT2D eigenvalue weighted by Gasteiger charge is 2.11. The summed E-state index contributed by atoms with van der Waals surface area (Å²) in [5.41, 5.74) is 3.69. The molecule has 0 aliphatic carbocycles. The molecule has 80 valence electrons. The summed E-state index contributed by atoms with van der Waals surface area (Å²) >= 11 is 11.8. The molecule has 15 heavy (non-hydrogen) atoms. The van der Waals surface area contributed by atoms with Gasteiger partial charge in [0.15, 0.2) is 0 Å². The number of rotatable bonds is 2. The molecule has 0 saturated carbocycles. The first-order valence-corrected chi connectivity index (χ1v) is 8.97. The minimum absolute atomic E-state index is 0.535. The Balaban J connectivity index is 2.86. The highest BCUT2D eigenvalue weighted by molar-refractivity contribution is 14.2. The molecule has 1 heterocycles. The van der Waals surface area contributed by atoms with Crippen molar-refractivity contribution in [2.45, 2.75) is 12.8 Å². The largest absolute Gasteiger partial charge is 0.282 e. The molecule has 0 atom stereocenters. The Hall–Kier alpha value is 0.610. The van der Waals surface area contributed by atoms with Crippen molar-refractivity contribution in [1.82, 2.24) is 3.97 Å². The van der Waals surface area contributed by atoms with Crippen LogP contribution < -0.4 is 0 Å². The summed E-state index contributed by atoms with van der Waals surface area (Å²) in [6.45, 7) is 2.12. The summed E-state index contributed by atoms with van der Waals surface area (Å²) in [5.74, 6) is 0.535. The second kappa shape index (κ2) is 4.85. The lowest BCUT2D eigenvalue weighted by atomic mass is 10.1. The van der Waals surface area contributed by atoms with E-state index in [0.29, 0.717) is 5.88 Å². The number of hydrogen-bond acceptors (Lipinski definition) is 1. The minimum atomic E-state index is 0.535. The first kappa shape index (κ1) is 12.1. The van der Waals surface area contributed by atoms with Gasteiger partial charge in [0.25, 0.3) is 0 Å². The smallest absolute Gasteiger partial charge is 0.0631 e. The second-order valence-corrected chi connectivity index (χ2v) is 6.10. The third kappa shape index (κ3) is 2.06. The molecule has 0 amide bonds. The average molecular weight is 417 g/mol. The van der Waals surface area contributed by atoms with Gasteiger partial charge in [-0.25, -0.2) is 0 Å².